The van der Waals surface area contributed by atoms with Gasteiger partial charge in [-0.2, -0.15) is 5.26 Å². The molecular weight excluding hydrogens is 432 g/mol. The lowest BCUT2D eigenvalue weighted by Crippen LogP contribution is -2.24. The van der Waals surface area contributed by atoms with Crippen LogP contribution in [0.5, 0.6) is 5.75 Å². The second kappa shape index (κ2) is 10.8. The van der Waals surface area contributed by atoms with Crippen molar-refractivity contribution in [3.63, 3.8) is 0 Å². The molecule has 0 spiro atoms. The van der Waals surface area contributed by atoms with Gasteiger partial charge in [0, 0.05) is 4.88 Å². The summed E-state index contributed by atoms with van der Waals surface area (Å²) in [6.07, 6.45) is 3.35. The summed E-state index contributed by atoms with van der Waals surface area (Å²) in [5.41, 5.74) is 1.62. The van der Waals surface area contributed by atoms with Crippen LogP contribution in [0.15, 0.2) is 24.3 Å². The Hall–Kier alpha value is -3.38. The summed E-state index contributed by atoms with van der Waals surface area (Å²) in [5.74, 6) is -1.52. The smallest absolute Gasteiger partial charge is 0.344 e. The Morgan fingerprint density at radius 1 is 1.16 bits per heavy atom. The number of nitrogens with one attached hydrogen (secondary N) is 1. The first-order valence-electron chi connectivity index (χ1n) is 10.3. The van der Waals surface area contributed by atoms with Crippen LogP contribution in [0.25, 0.3) is 0 Å². The number of nitriles is 1. The first-order valence-corrected chi connectivity index (χ1v) is 11.1. The molecule has 1 N–H and O–H groups in total. The Balaban J connectivity index is 1.59. The van der Waals surface area contributed by atoms with Gasteiger partial charge in [0.2, 0.25) is 0 Å². The third-order valence-corrected chi connectivity index (χ3v) is 5.90. The maximum absolute atomic E-state index is 12.6. The number of fused-ring (bicyclic) bond motifs is 1. The Morgan fingerprint density at radius 2 is 1.91 bits per heavy atom. The molecule has 1 heterocycles. The summed E-state index contributed by atoms with van der Waals surface area (Å²) < 4.78 is 15.6. The second-order valence-corrected chi connectivity index (χ2v) is 8.58. The molecule has 0 radical (unpaired) electrons. The number of benzene rings is 1. The molecule has 0 unspecified atom stereocenters. The second-order valence-electron chi connectivity index (χ2n) is 7.47. The van der Waals surface area contributed by atoms with Crippen LogP contribution in [-0.4, -0.2) is 37.2 Å². The van der Waals surface area contributed by atoms with Crippen molar-refractivity contribution in [1.82, 2.24) is 0 Å². The molecule has 0 saturated carbocycles. The molecule has 1 aliphatic rings. The van der Waals surface area contributed by atoms with Gasteiger partial charge in [0.25, 0.3) is 5.91 Å². The molecule has 1 amide bonds. The number of hydrogen-bond donors (Lipinski definition) is 1. The van der Waals surface area contributed by atoms with Crippen LogP contribution < -0.4 is 10.1 Å². The normalized spacial score (nSPS) is 12.4. The van der Waals surface area contributed by atoms with Gasteiger partial charge in [0.1, 0.15) is 16.8 Å². The van der Waals surface area contributed by atoms with Crippen molar-refractivity contribution < 1.29 is 28.6 Å². The van der Waals surface area contributed by atoms with Crippen LogP contribution in [0.4, 0.5) is 5.00 Å². The Labute approximate surface area is 190 Å². The van der Waals surface area contributed by atoms with Crippen LogP contribution >= 0.6 is 11.3 Å². The number of aryl methyl sites for hydroxylation is 1. The lowest BCUT2D eigenvalue weighted by atomic mass is 9.95. The summed E-state index contributed by atoms with van der Waals surface area (Å²) in [6.45, 7) is 2.57. The zero-order valence-corrected chi connectivity index (χ0v) is 18.8. The number of rotatable bonds is 8. The van der Waals surface area contributed by atoms with E-state index in [1.807, 2.05) is 6.07 Å². The predicted molar refractivity (Wildman–Crippen MR) is 118 cm³/mol. The molecule has 168 valence electrons. The summed E-state index contributed by atoms with van der Waals surface area (Å²) in [6, 6.07) is 8.46. The molecular formula is C23H24N2O6S. The number of nitrogens with zero attached hydrogens (tertiary/aromatic N) is 1. The maximum atomic E-state index is 12.6. The average Bonchev–Trinajstić information content (AvgIpc) is 3.13. The minimum Gasteiger partial charge on any atom is -0.481 e. The highest BCUT2D eigenvalue weighted by molar-refractivity contribution is 7.17. The lowest BCUT2D eigenvalue weighted by molar-refractivity contribution is -0.149. The molecule has 9 heteroatoms. The number of carbonyl (C=O) groups is 3. The highest BCUT2D eigenvalue weighted by Crippen LogP contribution is 2.38. The number of carbonyl (C=O) groups excluding carboxylic acids is 3. The molecule has 1 aliphatic carbocycles. The van der Waals surface area contributed by atoms with Gasteiger partial charge in [0.15, 0.2) is 13.2 Å². The molecule has 0 atom stereocenters. The molecule has 0 bridgehead atoms. The predicted octanol–water partition coefficient (Wildman–Crippen LogP) is 3.62. The SMILES string of the molecule is CC(C)OC(=O)c1c(NC(=O)COC(=O)COc2ccccc2C#N)sc2c1CCCC2. The molecule has 32 heavy (non-hydrogen) atoms. The van der Waals surface area contributed by atoms with Crippen molar-refractivity contribution in [2.75, 3.05) is 18.5 Å². The number of para-hydroxylation sites is 1. The fourth-order valence-electron chi connectivity index (χ4n) is 3.31. The van der Waals surface area contributed by atoms with Crippen LogP contribution in [0.2, 0.25) is 0 Å². The fraction of sp³-hybridized carbons (Fsp3) is 0.391. The standard InChI is InChI=1S/C23H24N2O6S/c1-14(2)31-23(28)21-16-8-4-6-10-18(16)32-22(21)25-19(26)12-30-20(27)13-29-17-9-5-3-7-15(17)11-24/h3,5,7,9,14H,4,6,8,10,12-13H2,1-2H3,(H,25,26). The largest absolute Gasteiger partial charge is 0.481 e. The topological polar surface area (TPSA) is 115 Å². The van der Waals surface area contributed by atoms with E-state index in [1.54, 1.807) is 38.1 Å². The van der Waals surface area contributed by atoms with Gasteiger partial charge in [-0.05, 0) is 57.2 Å². The minimum absolute atomic E-state index is 0.258. The molecule has 0 saturated heterocycles. The molecule has 8 nitrogen and oxygen atoms in total. The first-order chi connectivity index (χ1) is 15.4. The van der Waals surface area contributed by atoms with Crippen molar-refractivity contribution >= 4 is 34.2 Å². The van der Waals surface area contributed by atoms with E-state index in [9.17, 15) is 14.4 Å². The van der Waals surface area contributed by atoms with E-state index in [-0.39, 0.29) is 11.9 Å². The Kier molecular flexibility index (Phi) is 7.84. The Morgan fingerprint density at radius 3 is 2.66 bits per heavy atom. The summed E-state index contributed by atoms with van der Waals surface area (Å²) in [4.78, 5) is 38.0. The van der Waals surface area contributed by atoms with Crippen LogP contribution in [-0.2, 0) is 31.9 Å². The van der Waals surface area contributed by atoms with Crippen molar-refractivity contribution in [3.8, 4) is 11.8 Å². The van der Waals surface area contributed by atoms with Crippen molar-refractivity contribution in [2.24, 2.45) is 0 Å². The van der Waals surface area contributed by atoms with Gasteiger partial charge in [-0.15, -0.1) is 11.3 Å². The molecule has 1 aromatic carbocycles. The maximum Gasteiger partial charge on any atom is 0.344 e. The van der Waals surface area contributed by atoms with E-state index >= 15 is 0 Å². The monoisotopic (exact) mass is 456 g/mol. The van der Waals surface area contributed by atoms with Crippen molar-refractivity contribution in [2.45, 2.75) is 45.6 Å². The molecule has 3 rings (SSSR count). The molecule has 0 fully saturated rings. The van der Waals surface area contributed by atoms with Gasteiger partial charge in [-0.3, -0.25) is 4.79 Å². The summed E-state index contributed by atoms with van der Waals surface area (Å²) >= 11 is 1.36. The summed E-state index contributed by atoms with van der Waals surface area (Å²) in [7, 11) is 0. The number of anilines is 1. The number of amides is 1. The quantitative estimate of drug-likeness (QED) is 0.603. The van der Waals surface area contributed by atoms with Crippen molar-refractivity contribution in [1.29, 1.82) is 5.26 Å². The lowest BCUT2D eigenvalue weighted by Gasteiger charge is -2.14. The fourth-order valence-corrected chi connectivity index (χ4v) is 4.61. The number of esters is 2. The van der Waals surface area contributed by atoms with Gasteiger partial charge < -0.3 is 19.5 Å². The van der Waals surface area contributed by atoms with Crippen LogP contribution in [0.1, 0.15) is 53.1 Å². The molecule has 0 aliphatic heterocycles. The van der Waals surface area contributed by atoms with E-state index in [4.69, 9.17) is 19.5 Å². The Bertz CT molecular complexity index is 1050. The van der Waals surface area contributed by atoms with E-state index in [0.29, 0.717) is 16.1 Å². The van der Waals surface area contributed by atoms with Crippen molar-refractivity contribution in [3.05, 3.63) is 45.8 Å². The van der Waals surface area contributed by atoms with Gasteiger partial charge in [0.05, 0.1) is 17.2 Å². The third kappa shape index (κ3) is 5.86. The van der Waals surface area contributed by atoms with Gasteiger partial charge in [-0.25, -0.2) is 9.59 Å². The molecule has 1 aromatic heterocycles. The van der Waals surface area contributed by atoms with Gasteiger partial charge >= 0.3 is 11.9 Å². The first kappa shape index (κ1) is 23.3. The average molecular weight is 457 g/mol. The highest BCUT2D eigenvalue weighted by Gasteiger charge is 2.28. The van der Waals surface area contributed by atoms with Crippen LogP contribution in [0.3, 0.4) is 0 Å². The summed E-state index contributed by atoms with van der Waals surface area (Å²) in [5, 5.41) is 12.1. The van der Waals surface area contributed by atoms with E-state index < -0.39 is 31.1 Å². The number of hydrogen-bond acceptors (Lipinski definition) is 8. The highest BCUT2D eigenvalue weighted by atomic mass is 32.1. The third-order valence-electron chi connectivity index (χ3n) is 4.69. The van der Waals surface area contributed by atoms with E-state index in [1.165, 1.54) is 11.3 Å². The number of thiophene rings is 1. The van der Waals surface area contributed by atoms with E-state index in [2.05, 4.69) is 5.32 Å². The number of ether oxygens (including phenoxy) is 3. The van der Waals surface area contributed by atoms with E-state index in [0.717, 1.165) is 36.1 Å². The van der Waals surface area contributed by atoms with Gasteiger partial charge in [-0.1, -0.05) is 12.1 Å². The zero-order chi connectivity index (χ0) is 23.1. The minimum atomic E-state index is -0.752. The van der Waals surface area contributed by atoms with Crippen LogP contribution in [0, 0.1) is 11.3 Å². The molecule has 2 aromatic rings. The zero-order valence-electron chi connectivity index (χ0n) is 17.9.